The number of carbonyl (C=O) groups excluding carboxylic acids is 2. The number of rotatable bonds is 3. The standard InChI is InChI=1S/C3H8N4O2/c1-7(5-2-8)6-3(4)9/h2H,1H3,(H,5,8)(H3,4,6,9). The topological polar surface area (TPSA) is 87.5 Å². The largest absolute Gasteiger partial charge is 0.351 e. The van der Waals surface area contributed by atoms with E-state index in [1.165, 1.54) is 7.05 Å². The average Bonchev–Trinajstić information content (AvgIpc) is 1.63. The number of hydrazine groups is 2. The van der Waals surface area contributed by atoms with Crippen LogP contribution in [0.25, 0.3) is 0 Å². The van der Waals surface area contributed by atoms with E-state index < -0.39 is 6.03 Å². The summed E-state index contributed by atoms with van der Waals surface area (Å²) >= 11 is 0. The van der Waals surface area contributed by atoms with E-state index in [9.17, 15) is 9.59 Å². The van der Waals surface area contributed by atoms with Gasteiger partial charge in [0.1, 0.15) is 0 Å². The lowest BCUT2D eigenvalue weighted by molar-refractivity contribution is -0.113. The summed E-state index contributed by atoms with van der Waals surface area (Å²) in [6.07, 6.45) is 0.413. The summed E-state index contributed by atoms with van der Waals surface area (Å²) in [5.41, 5.74) is 8.87. The molecule has 0 spiro atoms. The van der Waals surface area contributed by atoms with Crippen LogP contribution in [-0.2, 0) is 4.79 Å². The highest BCUT2D eigenvalue weighted by atomic mass is 16.2. The highest BCUT2D eigenvalue weighted by molar-refractivity contribution is 5.71. The maximum atomic E-state index is 10.00. The van der Waals surface area contributed by atoms with Crippen LogP contribution in [0.5, 0.6) is 0 Å². The number of nitrogens with one attached hydrogen (secondary N) is 2. The molecule has 4 N–H and O–H groups in total. The summed E-state index contributed by atoms with van der Waals surface area (Å²) in [5, 5.41) is 1.04. The lowest BCUT2D eigenvalue weighted by Crippen LogP contribution is -2.49. The minimum absolute atomic E-state index is 0.413. The SMILES string of the molecule is CN(NC=O)NC(N)=O. The molecule has 0 aliphatic carbocycles. The van der Waals surface area contributed by atoms with Crippen molar-refractivity contribution in [1.82, 2.24) is 16.0 Å². The molecule has 6 nitrogen and oxygen atoms in total. The van der Waals surface area contributed by atoms with Gasteiger partial charge in [-0.15, -0.1) is 5.12 Å². The van der Waals surface area contributed by atoms with Gasteiger partial charge in [-0.1, -0.05) is 0 Å². The van der Waals surface area contributed by atoms with Crippen molar-refractivity contribution in [2.24, 2.45) is 5.73 Å². The van der Waals surface area contributed by atoms with Gasteiger partial charge in [0.2, 0.25) is 6.41 Å². The Morgan fingerprint density at radius 1 is 1.78 bits per heavy atom. The van der Waals surface area contributed by atoms with Crippen LogP contribution >= 0.6 is 0 Å². The minimum atomic E-state index is -0.730. The van der Waals surface area contributed by atoms with E-state index in [2.05, 4.69) is 16.6 Å². The molecular weight excluding hydrogens is 124 g/mol. The second kappa shape index (κ2) is 3.67. The molecule has 6 heteroatoms. The molecule has 0 saturated carbocycles. The van der Waals surface area contributed by atoms with Gasteiger partial charge in [-0.2, -0.15) is 0 Å². The first-order chi connectivity index (χ1) is 4.16. The lowest BCUT2D eigenvalue weighted by atomic mass is 11.1. The van der Waals surface area contributed by atoms with E-state index in [1.807, 2.05) is 0 Å². The number of hydrogen-bond acceptors (Lipinski definition) is 3. The molecule has 0 aliphatic rings. The Morgan fingerprint density at radius 2 is 2.33 bits per heavy atom. The molecule has 0 rings (SSSR count). The van der Waals surface area contributed by atoms with E-state index in [0.29, 0.717) is 6.41 Å². The molecule has 0 radical (unpaired) electrons. The quantitative estimate of drug-likeness (QED) is 0.311. The van der Waals surface area contributed by atoms with E-state index >= 15 is 0 Å². The molecule has 3 amide bonds. The molecule has 52 valence electrons. The second-order valence-electron chi connectivity index (χ2n) is 1.28. The first-order valence-electron chi connectivity index (χ1n) is 2.16. The van der Waals surface area contributed by atoms with Crippen molar-refractivity contribution >= 4 is 12.4 Å². The third kappa shape index (κ3) is 4.56. The van der Waals surface area contributed by atoms with Gasteiger partial charge >= 0.3 is 6.03 Å². The number of carbonyl (C=O) groups is 2. The zero-order valence-corrected chi connectivity index (χ0v) is 4.92. The van der Waals surface area contributed by atoms with Crippen molar-refractivity contribution in [3.8, 4) is 0 Å². The zero-order chi connectivity index (χ0) is 7.28. The van der Waals surface area contributed by atoms with Gasteiger partial charge in [0.25, 0.3) is 0 Å². The van der Waals surface area contributed by atoms with Crippen LogP contribution < -0.4 is 16.6 Å². The van der Waals surface area contributed by atoms with Gasteiger partial charge in [-0.25, -0.2) is 4.79 Å². The molecule has 0 fully saturated rings. The summed E-state index contributed by atoms with van der Waals surface area (Å²) in [7, 11) is 1.43. The summed E-state index contributed by atoms with van der Waals surface area (Å²) in [4.78, 5) is 19.6. The monoisotopic (exact) mass is 132 g/mol. The summed E-state index contributed by atoms with van der Waals surface area (Å²) in [6.45, 7) is 0. The van der Waals surface area contributed by atoms with Gasteiger partial charge in [0.05, 0.1) is 0 Å². The Kier molecular flexibility index (Phi) is 3.14. The Labute approximate surface area is 51.9 Å². The molecule has 0 heterocycles. The Bertz CT molecular complexity index is 114. The van der Waals surface area contributed by atoms with Crippen LogP contribution in [0.3, 0.4) is 0 Å². The second-order valence-corrected chi connectivity index (χ2v) is 1.28. The van der Waals surface area contributed by atoms with Gasteiger partial charge < -0.3 is 5.73 Å². The van der Waals surface area contributed by atoms with Crippen LogP contribution in [0.4, 0.5) is 4.79 Å². The molecule has 0 aromatic carbocycles. The number of nitrogens with zero attached hydrogens (tertiary/aromatic N) is 1. The van der Waals surface area contributed by atoms with Crippen LogP contribution in [0.15, 0.2) is 0 Å². The highest BCUT2D eigenvalue weighted by Gasteiger charge is 1.94. The summed E-state index contributed by atoms with van der Waals surface area (Å²) in [6, 6.07) is -0.730. The molecule has 0 aromatic heterocycles. The van der Waals surface area contributed by atoms with Crippen molar-refractivity contribution in [3.63, 3.8) is 0 Å². The first kappa shape index (κ1) is 7.70. The number of urea groups is 1. The molecule has 0 atom stereocenters. The maximum absolute atomic E-state index is 10.00. The van der Waals surface area contributed by atoms with Crippen molar-refractivity contribution in [1.29, 1.82) is 0 Å². The predicted molar refractivity (Wildman–Crippen MR) is 29.7 cm³/mol. The summed E-state index contributed by atoms with van der Waals surface area (Å²) < 4.78 is 0. The van der Waals surface area contributed by atoms with Gasteiger partial charge in [-0.05, 0) is 0 Å². The van der Waals surface area contributed by atoms with E-state index in [4.69, 9.17) is 0 Å². The third-order valence-electron chi connectivity index (χ3n) is 0.524. The minimum Gasteiger partial charge on any atom is -0.351 e. The molecular formula is C3H8N4O2. The fraction of sp³-hybridized carbons (Fsp3) is 0.333. The smallest absolute Gasteiger partial charge is 0.328 e. The number of hydrogen-bond donors (Lipinski definition) is 3. The average molecular weight is 132 g/mol. The van der Waals surface area contributed by atoms with Crippen LogP contribution in [0, 0.1) is 0 Å². The van der Waals surface area contributed by atoms with Crippen LogP contribution in [-0.4, -0.2) is 24.6 Å². The van der Waals surface area contributed by atoms with Crippen molar-refractivity contribution in [2.45, 2.75) is 0 Å². The Hall–Kier alpha value is -1.30. The molecule has 0 unspecified atom stereocenters. The predicted octanol–water partition coefficient (Wildman–Crippen LogP) is -1.84. The van der Waals surface area contributed by atoms with Crippen molar-refractivity contribution in [2.75, 3.05) is 7.05 Å². The Balaban J connectivity index is 3.37. The maximum Gasteiger partial charge on any atom is 0.328 e. The van der Waals surface area contributed by atoms with Crippen LogP contribution in [0.1, 0.15) is 0 Å². The highest BCUT2D eigenvalue weighted by Crippen LogP contribution is 1.59. The molecule has 0 saturated heterocycles. The van der Waals surface area contributed by atoms with Crippen molar-refractivity contribution < 1.29 is 9.59 Å². The normalized spacial score (nSPS) is 8.67. The Morgan fingerprint density at radius 3 is 2.67 bits per heavy atom. The van der Waals surface area contributed by atoms with Gasteiger partial charge in [0.15, 0.2) is 0 Å². The molecule has 0 aromatic rings. The van der Waals surface area contributed by atoms with Gasteiger partial charge in [0, 0.05) is 7.05 Å². The number of amides is 3. The molecule has 9 heavy (non-hydrogen) atoms. The number of primary amides is 1. The van der Waals surface area contributed by atoms with Crippen molar-refractivity contribution in [3.05, 3.63) is 0 Å². The van der Waals surface area contributed by atoms with E-state index in [-0.39, 0.29) is 0 Å². The van der Waals surface area contributed by atoms with Crippen LogP contribution in [0.2, 0.25) is 0 Å². The number of nitrogens with two attached hydrogens (primary N) is 1. The lowest BCUT2D eigenvalue weighted by Gasteiger charge is -2.12. The first-order valence-corrected chi connectivity index (χ1v) is 2.16. The fourth-order valence-corrected chi connectivity index (χ4v) is 0.277. The fourth-order valence-electron chi connectivity index (χ4n) is 0.277. The third-order valence-corrected chi connectivity index (χ3v) is 0.524. The van der Waals surface area contributed by atoms with E-state index in [0.717, 1.165) is 5.12 Å². The van der Waals surface area contributed by atoms with Gasteiger partial charge in [-0.3, -0.25) is 15.6 Å². The molecule has 0 aliphatic heterocycles. The van der Waals surface area contributed by atoms with E-state index in [1.54, 1.807) is 0 Å². The molecule has 0 bridgehead atoms. The zero-order valence-electron chi connectivity index (χ0n) is 4.92. The summed E-state index contributed by atoms with van der Waals surface area (Å²) in [5.74, 6) is 0.